The maximum Gasteiger partial charge on any atom is 0.328 e. The van der Waals surface area contributed by atoms with Gasteiger partial charge in [-0.05, 0) is 50.5 Å². The first-order chi connectivity index (χ1) is 12.6. The number of para-hydroxylation sites is 1. The van der Waals surface area contributed by atoms with Gasteiger partial charge in [-0.15, -0.1) is 0 Å². The molecule has 2 heterocycles. The maximum absolute atomic E-state index is 12.7. The lowest BCUT2D eigenvalue weighted by molar-refractivity contribution is -0.141. The number of anilines is 1. The first-order valence-electron chi connectivity index (χ1n) is 9.63. The lowest BCUT2D eigenvalue weighted by Crippen LogP contribution is -2.58. The van der Waals surface area contributed by atoms with Crippen molar-refractivity contribution in [3.63, 3.8) is 0 Å². The lowest BCUT2D eigenvalue weighted by Gasteiger charge is -2.41. The van der Waals surface area contributed by atoms with Crippen LogP contribution in [0.15, 0.2) is 30.3 Å². The molecule has 0 aromatic heterocycles. The molecule has 1 atom stereocenters. The van der Waals surface area contributed by atoms with Gasteiger partial charge in [0.2, 0.25) is 5.91 Å². The standard InChI is InChI=1S/C20H29N3O3/c1-2-21-10-8-16(9-11-21)14-19(24)22-12-13-23(18(15-22)20(25)26)17-6-4-3-5-7-17/h3-7,16,18H,2,8-15H2,1H3,(H,25,26)/t18-/m0/s1. The molecule has 0 aliphatic carbocycles. The number of benzene rings is 1. The van der Waals surface area contributed by atoms with Gasteiger partial charge in [0.1, 0.15) is 6.04 Å². The highest BCUT2D eigenvalue weighted by Crippen LogP contribution is 2.24. The molecule has 1 N–H and O–H groups in total. The van der Waals surface area contributed by atoms with Gasteiger partial charge in [0.05, 0.1) is 6.54 Å². The molecule has 6 nitrogen and oxygen atoms in total. The minimum atomic E-state index is -0.873. The number of piperidine rings is 1. The molecule has 2 aliphatic rings. The SMILES string of the molecule is CCN1CCC(CC(=O)N2CCN(c3ccccc3)[C@H](C(=O)O)C2)CC1. The van der Waals surface area contributed by atoms with E-state index in [9.17, 15) is 14.7 Å². The van der Waals surface area contributed by atoms with Crippen molar-refractivity contribution in [3.8, 4) is 0 Å². The van der Waals surface area contributed by atoms with E-state index in [-0.39, 0.29) is 12.5 Å². The van der Waals surface area contributed by atoms with Gasteiger partial charge < -0.3 is 19.8 Å². The Bertz CT molecular complexity index is 614. The van der Waals surface area contributed by atoms with Crippen molar-refractivity contribution in [2.75, 3.05) is 44.2 Å². The van der Waals surface area contributed by atoms with E-state index < -0.39 is 12.0 Å². The molecule has 1 aromatic carbocycles. The molecular weight excluding hydrogens is 330 g/mol. The number of piperazine rings is 1. The number of carboxylic acids is 1. The molecule has 6 heteroatoms. The number of likely N-dealkylation sites (tertiary alicyclic amines) is 1. The zero-order valence-corrected chi connectivity index (χ0v) is 15.5. The zero-order valence-electron chi connectivity index (χ0n) is 15.5. The molecule has 26 heavy (non-hydrogen) atoms. The molecule has 2 saturated heterocycles. The molecule has 3 rings (SSSR count). The van der Waals surface area contributed by atoms with Crippen LogP contribution in [-0.4, -0.2) is 72.1 Å². The van der Waals surface area contributed by atoms with E-state index in [1.807, 2.05) is 35.2 Å². The molecule has 0 unspecified atom stereocenters. The van der Waals surface area contributed by atoms with Crippen LogP contribution < -0.4 is 4.90 Å². The summed E-state index contributed by atoms with van der Waals surface area (Å²) >= 11 is 0. The van der Waals surface area contributed by atoms with Gasteiger partial charge in [-0.25, -0.2) is 4.79 Å². The van der Waals surface area contributed by atoms with E-state index in [2.05, 4.69) is 11.8 Å². The van der Waals surface area contributed by atoms with E-state index in [1.165, 1.54) is 0 Å². The van der Waals surface area contributed by atoms with Gasteiger partial charge >= 0.3 is 5.97 Å². The van der Waals surface area contributed by atoms with Crippen molar-refractivity contribution in [2.45, 2.75) is 32.2 Å². The number of carbonyl (C=O) groups is 2. The number of hydrogen-bond donors (Lipinski definition) is 1. The van der Waals surface area contributed by atoms with Gasteiger partial charge in [0, 0.05) is 25.2 Å². The summed E-state index contributed by atoms with van der Waals surface area (Å²) in [4.78, 5) is 30.6. The average Bonchev–Trinajstić information content (AvgIpc) is 2.68. The number of rotatable bonds is 5. The highest BCUT2D eigenvalue weighted by Gasteiger charge is 2.35. The van der Waals surface area contributed by atoms with Crippen LogP contribution in [-0.2, 0) is 9.59 Å². The van der Waals surface area contributed by atoms with E-state index in [4.69, 9.17) is 0 Å². The van der Waals surface area contributed by atoms with Gasteiger partial charge in [0.25, 0.3) is 0 Å². The van der Waals surface area contributed by atoms with E-state index >= 15 is 0 Å². The summed E-state index contributed by atoms with van der Waals surface area (Å²) < 4.78 is 0. The third kappa shape index (κ3) is 4.36. The fraction of sp³-hybridized carbons (Fsp3) is 0.600. The molecule has 1 aromatic rings. The fourth-order valence-electron chi connectivity index (χ4n) is 4.03. The Morgan fingerprint density at radius 3 is 2.38 bits per heavy atom. The van der Waals surface area contributed by atoms with Crippen LogP contribution in [0.1, 0.15) is 26.2 Å². The molecule has 0 radical (unpaired) electrons. The van der Waals surface area contributed by atoms with Crippen LogP contribution in [0.2, 0.25) is 0 Å². The lowest BCUT2D eigenvalue weighted by atomic mass is 9.92. The molecule has 2 fully saturated rings. The minimum absolute atomic E-state index is 0.110. The largest absolute Gasteiger partial charge is 0.480 e. The van der Waals surface area contributed by atoms with E-state index in [0.29, 0.717) is 25.4 Å². The second-order valence-electron chi connectivity index (χ2n) is 7.30. The number of aliphatic carboxylic acids is 1. The van der Waals surface area contributed by atoms with Crippen molar-refractivity contribution in [1.82, 2.24) is 9.80 Å². The molecule has 0 bridgehead atoms. The Balaban J connectivity index is 1.58. The third-order valence-corrected chi connectivity index (χ3v) is 5.72. The summed E-state index contributed by atoms with van der Waals surface area (Å²) in [6.07, 6.45) is 2.67. The summed E-state index contributed by atoms with van der Waals surface area (Å²) in [6.45, 7) is 6.78. The van der Waals surface area contributed by atoms with Gasteiger partial charge in [-0.3, -0.25) is 4.79 Å². The normalized spacial score (nSPS) is 22.4. The summed E-state index contributed by atoms with van der Waals surface area (Å²) in [6, 6.07) is 8.91. The highest BCUT2D eigenvalue weighted by molar-refractivity contribution is 5.82. The second-order valence-corrected chi connectivity index (χ2v) is 7.30. The third-order valence-electron chi connectivity index (χ3n) is 5.72. The number of nitrogens with zero attached hydrogens (tertiary/aromatic N) is 3. The fourth-order valence-corrected chi connectivity index (χ4v) is 4.03. The van der Waals surface area contributed by atoms with Gasteiger partial charge in [0.15, 0.2) is 0 Å². The molecule has 142 valence electrons. The summed E-state index contributed by atoms with van der Waals surface area (Å²) in [5.74, 6) is -0.331. The van der Waals surface area contributed by atoms with E-state index in [1.54, 1.807) is 4.90 Å². The summed E-state index contributed by atoms with van der Waals surface area (Å²) in [7, 11) is 0. The van der Waals surface area contributed by atoms with Crippen molar-refractivity contribution >= 4 is 17.6 Å². The smallest absolute Gasteiger partial charge is 0.328 e. The molecule has 2 aliphatic heterocycles. The Labute approximate surface area is 155 Å². The predicted molar refractivity (Wildman–Crippen MR) is 101 cm³/mol. The topological polar surface area (TPSA) is 64.1 Å². The summed E-state index contributed by atoms with van der Waals surface area (Å²) in [5, 5.41) is 9.66. The van der Waals surface area contributed by atoms with Crippen LogP contribution >= 0.6 is 0 Å². The van der Waals surface area contributed by atoms with Gasteiger partial charge in [-0.1, -0.05) is 25.1 Å². The van der Waals surface area contributed by atoms with Crippen molar-refractivity contribution in [2.24, 2.45) is 5.92 Å². The van der Waals surface area contributed by atoms with Crippen LogP contribution in [0.5, 0.6) is 0 Å². The quantitative estimate of drug-likeness (QED) is 0.870. The average molecular weight is 359 g/mol. The van der Waals surface area contributed by atoms with Crippen molar-refractivity contribution < 1.29 is 14.7 Å². The second kappa shape index (κ2) is 8.54. The monoisotopic (exact) mass is 359 g/mol. The Morgan fingerprint density at radius 1 is 1.08 bits per heavy atom. The van der Waals surface area contributed by atoms with E-state index in [0.717, 1.165) is 38.2 Å². The summed E-state index contributed by atoms with van der Waals surface area (Å²) in [5.41, 5.74) is 0.902. The van der Waals surface area contributed by atoms with Crippen molar-refractivity contribution in [1.29, 1.82) is 0 Å². The molecule has 0 saturated carbocycles. The Hall–Kier alpha value is -2.08. The maximum atomic E-state index is 12.7. The first kappa shape index (κ1) is 18.7. The molecule has 1 amide bonds. The van der Waals surface area contributed by atoms with Gasteiger partial charge in [-0.2, -0.15) is 0 Å². The Kier molecular flexibility index (Phi) is 6.14. The van der Waals surface area contributed by atoms with Crippen LogP contribution in [0.3, 0.4) is 0 Å². The number of amides is 1. The first-order valence-corrected chi connectivity index (χ1v) is 9.63. The number of carboxylic acid groups (broad SMARTS) is 1. The predicted octanol–water partition coefficient (Wildman–Crippen LogP) is 1.91. The Morgan fingerprint density at radius 2 is 1.77 bits per heavy atom. The zero-order chi connectivity index (χ0) is 18.5. The molecular formula is C20H29N3O3. The highest BCUT2D eigenvalue weighted by atomic mass is 16.4. The van der Waals surface area contributed by atoms with Crippen LogP contribution in [0.25, 0.3) is 0 Å². The van der Waals surface area contributed by atoms with Crippen molar-refractivity contribution in [3.05, 3.63) is 30.3 Å². The minimum Gasteiger partial charge on any atom is -0.480 e. The van der Waals surface area contributed by atoms with Crippen LogP contribution in [0, 0.1) is 5.92 Å². The number of carbonyl (C=O) groups excluding carboxylic acids is 1. The van der Waals surface area contributed by atoms with Crippen LogP contribution in [0.4, 0.5) is 5.69 Å². The molecule has 0 spiro atoms. The number of hydrogen-bond acceptors (Lipinski definition) is 4.